The van der Waals surface area contributed by atoms with Crippen LogP contribution in [0, 0.1) is 11.6 Å². The molecule has 0 spiro atoms. The van der Waals surface area contributed by atoms with E-state index in [9.17, 15) is 23.3 Å². The van der Waals surface area contributed by atoms with Crippen molar-refractivity contribution >= 4 is 19.4 Å². The second-order valence-corrected chi connectivity index (χ2v) is 8.65. The Hall–Kier alpha value is -3.75. The number of carbonyl (C=O) groups excluding carboxylic acids is 1. The molecule has 4 rings (SSSR count). The van der Waals surface area contributed by atoms with E-state index in [1.54, 1.807) is 43.2 Å². The van der Waals surface area contributed by atoms with Crippen molar-refractivity contribution in [3.63, 3.8) is 0 Å². The molecule has 2 atom stereocenters. The van der Waals surface area contributed by atoms with Crippen molar-refractivity contribution in [2.45, 2.75) is 6.04 Å². The Kier molecular flexibility index (Phi) is 6.39. The molecule has 4 aromatic rings. The topological polar surface area (TPSA) is 113 Å². The molecular weight excluding hydrogens is 451 g/mol. The van der Waals surface area contributed by atoms with Gasteiger partial charge in [-0.25, -0.2) is 18.4 Å². The van der Waals surface area contributed by atoms with E-state index in [1.165, 1.54) is 16.9 Å². The summed E-state index contributed by atoms with van der Waals surface area (Å²) in [5, 5.41) is 7.28. The highest BCUT2D eigenvalue weighted by atomic mass is 31.1. The number of aromatic amines is 1. The molecule has 0 fully saturated rings. The van der Waals surface area contributed by atoms with Gasteiger partial charge in [0.25, 0.3) is 11.5 Å². The zero-order valence-electron chi connectivity index (χ0n) is 17.2. The number of halogens is 2. The van der Waals surface area contributed by atoms with Crippen LogP contribution in [0.4, 0.5) is 8.78 Å². The number of carbonyl (C=O) groups is 1. The molecule has 2 aromatic heterocycles. The molecule has 0 aliphatic carbocycles. The van der Waals surface area contributed by atoms with Gasteiger partial charge < -0.3 is 10.2 Å². The highest BCUT2D eigenvalue weighted by Crippen LogP contribution is 2.28. The van der Waals surface area contributed by atoms with Crippen molar-refractivity contribution in [2.75, 3.05) is 6.66 Å². The molecule has 0 saturated heterocycles. The van der Waals surface area contributed by atoms with Gasteiger partial charge in [-0.1, -0.05) is 30.3 Å². The third kappa shape index (κ3) is 4.87. The normalized spacial score (nSPS) is 12.8. The van der Waals surface area contributed by atoms with Crippen molar-refractivity contribution in [1.29, 1.82) is 0 Å². The maximum atomic E-state index is 14.6. The Morgan fingerprint density at radius 2 is 1.97 bits per heavy atom. The van der Waals surface area contributed by atoms with Crippen LogP contribution in [0.3, 0.4) is 0 Å². The molecule has 1 amide bonds. The van der Waals surface area contributed by atoms with Gasteiger partial charge in [0.15, 0.2) is 0 Å². The Morgan fingerprint density at radius 1 is 1.21 bits per heavy atom. The summed E-state index contributed by atoms with van der Waals surface area (Å²) in [4.78, 5) is 41.8. The van der Waals surface area contributed by atoms with E-state index in [0.29, 0.717) is 10.9 Å². The number of nitrogens with one attached hydrogen (secondary N) is 2. The first-order valence-corrected chi connectivity index (χ1v) is 11.5. The van der Waals surface area contributed by atoms with Crippen molar-refractivity contribution < 1.29 is 18.5 Å². The van der Waals surface area contributed by atoms with Crippen molar-refractivity contribution in [2.24, 2.45) is 0 Å². The lowest BCUT2D eigenvalue weighted by Crippen LogP contribution is -2.34. The minimum absolute atomic E-state index is 0.0119. The van der Waals surface area contributed by atoms with Gasteiger partial charge in [-0.3, -0.25) is 14.6 Å². The van der Waals surface area contributed by atoms with E-state index in [0.717, 1.165) is 18.3 Å². The van der Waals surface area contributed by atoms with E-state index in [1.807, 2.05) is 0 Å². The predicted molar refractivity (Wildman–Crippen MR) is 119 cm³/mol. The Morgan fingerprint density at radius 3 is 2.58 bits per heavy atom. The lowest BCUT2D eigenvalue weighted by molar-refractivity contribution is 0.0940. The molecule has 8 nitrogen and oxygen atoms in total. The van der Waals surface area contributed by atoms with Gasteiger partial charge in [0.1, 0.15) is 17.2 Å². The Labute approximate surface area is 187 Å². The van der Waals surface area contributed by atoms with Crippen LogP contribution in [0.25, 0.3) is 5.95 Å². The number of amides is 1. The molecular formula is C22H18F2N5O3P. The maximum Gasteiger partial charge on any atom is 0.265 e. The van der Waals surface area contributed by atoms with Crippen molar-refractivity contribution in [1.82, 2.24) is 25.1 Å². The van der Waals surface area contributed by atoms with Gasteiger partial charge in [-0.15, -0.1) is 0 Å². The summed E-state index contributed by atoms with van der Waals surface area (Å²) in [6.45, 7) is 1.66. The minimum atomic E-state index is -1.34. The quantitative estimate of drug-likeness (QED) is 0.376. The maximum absolute atomic E-state index is 14.6. The summed E-state index contributed by atoms with van der Waals surface area (Å²) in [5.74, 6) is -2.29. The third-order valence-electron chi connectivity index (χ3n) is 4.90. The average Bonchev–Trinajstić information content (AvgIpc) is 3.33. The largest absolute Gasteiger partial charge is 0.369 e. The molecule has 2 unspecified atom stereocenters. The van der Waals surface area contributed by atoms with E-state index >= 15 is 0 Å². The van der Waals surface area contributed by atoms with Gasteiger partial charge >= 0.3 is 0 Å². The second-order valence-electron chi connectivity index (χ2n) is 7.09. The van der Waals surface area contributed by atoms with Crippen LogP contribution in [0.2, 0.25) is 0 Å². The zero-order chi connectivity index (χ0) is 23.5. The fourth-order valence-electron chi connectivity index (χ4n) is 3.23. The summed E-state index contributed by atoms with van der Waals surface area (Å²) in [5.41, 5.74) is -0.508. The van der Waals surface area contributed by atoms with Gasteiger partial charge in [0, 0.05) is 35.5 Å². The third-order valence-corrected chi connectivity index (χ3v) is 5.95. The SMILES string of the molecule is CP(O)c1ccc(C(NC(=O)c2cnc(-n3cccn3)[nH]c2=O)c2ccc(F)cc2F)cc1. The monoisotopic (exact) mass is 469 g/mol. The van der Waals surface area contributed by atoms with Gasteiger partial charge in [0.05, 0.1) is 14.2 Å². The first-order valence-electron chi connectivity index (χ1n) is 9.71. The number of rotatable bonds is 6. The molecule has 33 heavy (non-hydrogen) atoms. The number of hydrogen-bond acceptors (Lipinski definition) is 5. The predicted octanol–water partition coefficient (Wildman–Crippen LogP) is 2.40. The summed E-state index contributed by atoms with van der Waals surface area (Å²) in [6.07, 6.45) is 4.18. The molecule has 0 aliphatic heterocycles. The fraction of sp³-hybridized carbons (Fsp3) is 0.0909. The van der Waals surface area contributed by atoms with E-state index in [-0.39, 0.29) is 17.1 Å². The van der Waals surface area contributed by atoms with Crippen molar-refractivity contribution in [3.8, 4) is 5.95 Å². The summed E-state index contributed by atoms with van der Waals surface area (Å²) in [7, 11) is -1.34. The number of aromatic nitrogens is 4. The average molecular weight is 469 g/mol. The van der Waals surface area contributed by atoms with Crippen LogP contribution in [0.1, 0.15) is 27.5 Å². The molecule has 2 heterocycles. The number of nitrogens with zero attached hydrogens (tertiary/aromatic N) is 3. The van der Waals surface area contributed by atoms with E-state index < -0.39 is 37.3 Å². The van der Waals surface area contributed by atoms with Crippen molar-refractivity contribution in [3.05, 3.63) is 106 Å². The summed E-state index contributed by atoms with van der Waals surface area (Å²) in [6, 6.07) is 10.2. The molecule has 168 valence electrons. The van der Waals surface area contributed by atoms with Crippen LogP contribution in [-0.4, -0.2) is 37.2 Å². The first-order chi connectivity index (χ1) is 15.8. The minimum Gasteiger partial charge on any atom is -0.369 e. The molecule has 3 N–H and O–H groups in total. The van der Waals surface area contributed by atoms with Gasteiger partial charge in [0.2, 0.25) is 5.95 Å². The smallest absolute Gasteiger partial charge is 0.265 e. The van der Waals surface area contributed by atoms with Gasteiger partial charge in [-0.05, 0) is 24.4 Å². The Balaban J connectivity index is 1.69. The van der Waals surface area contributed by atoms with Crippen LogP contribution >= 0.6 is 8.15 Å². The lowest BCUT2D eigenvalue weighted by Gasteiger charge is -2.21. The van der Waals surface area contributed by atoms with E-state index in [4.69, 9.17) is 0 Å². The highest BCUT2D eigenvalue weighted by Gasteiger charge is 2.23. The molecule has 0 saturated carbocycles. The molecule has 11 heteroatoms. The number of H-pyrrole nitrogens is 1. The Bertz CT molecular complexity index is 1340. The fourth-order valence-corrected chi connectivity index (χ4v) is 3.81. The highest BCUT2D eigenvalue weighted by molar-refractivity contribution is 7.59. The summed E-state index contributed by atoms with van der Waals surface area (Å²) < 4.78 is 29.4. The molecule has 0 aliphatic rings. The van der Waals surface area contributed by atoms with E-state index in [2.05, 4.69) is 20.4 Å². The molecule has 0 bridgehead atoms. The van der Waals surface area contributed by atoms with Crippen LogP contribution < -0.4 is 16.2 Å². The lowest BCUT2D eigenvalue weighted by atomic mass is 9.97. The number of benzene rings is 2. The molecule has 2 aromatic carbocycles. The standard InChI is InChI=1S/C22H18F2N5O3P/c1-33(32)15-6-3-13(4-7-15)19(16-8-5-14(23)11-18(16)24)27-20(30)17-12-25-22(28-21(17)31)29-10-2-9-26-29/h2-12,19,32H,1H3,(H,27,30)(H,25,28,31). The zero-order valence-corrected chi connectivity index (χ0v) is 18.1. The molecule has 0 radical (unpaired) electrons. The second kappa shape index (κ2) is 9.40. The van der Waals surface area contributed by atoms with Crippen LogP contribution in [0.5, 0.6) is 0 Å². The summed E-state index contributed by atoms with van der Waals surface area (Å²) >= 11 is 0. The number of hydrogen-bond donors (Lipinski definition) is 3. The van der Waals surface area contributed by atoms with Gasteiger partial charge in [-0.2, -0.15) is 5.10 Å². The van der Waals surface area contributed by atoms with Crippen LogP contribution in [0.15, 0.2) is 71.9 Å². The first kappa shape index (κ1) is 22.4. The van der Waals surface area contributed by atoms with Crippen LogP contribution in [-0.2, 0) is 0 Å².